The van der Waals surface area contributed by atoms with Crippen molar-refractivity contribution in [1.82, 2.24) is 10.2 Å². The summed E-state index contributed by atoms with van der Waals surface area (Å²) in [5.41, 5.74) is 5.35. The van der Waals surface area contributed by atoms with Gasteiger partial charge in [-0.05, 0) is 20.8 Å². The number of nitrogens with one attached hydrogen (secondary N) is 1. The van der Waals surface area contributed by atoms with Gasteiger partial charge in [0.2, 0.25) is 0 Å². The number of anilines is 2. The van der Waals surface area contributed by atoms with Crippen molar-refractivity contribution >= 4 is 17.6 Å². The summed E-state index contributed by atoms with van der Waals surface area (Å²) in [7, 11) is 0. The van der Waals surface area contributed by atoms with E-state index in [4.69, 9.17) is 10.5 Å². The minimum Gasteiger partial charge on any atom is -0.444 e. The fraction of sp³-hybridized carbons (Fsp3) is 0.444. The van der Waals surface area contributed by atoms with Crippen molar-refractivity contribution in [2.45, 2.75) is 26.4 Å². The number of hydrogen-bond donors (Lipinski definition) is 2. The van der Waals surface area contributed by atoms with Gasteiger partial charge in [0, 0.05) is 6.07 Å². The summed E-state index contributed by atoms with van der Waals surface area (Å²) in [6.07, 6.45) is 0.808. The van der Waals surface area contributed by atoms with Crippen LogP contribution in [0.15, 0.2) is 12.3 Å². The Morgan fingerprint density at radius 2 is 2.20 bits per heavy atom. The molecular formula is C9H14N4O2. The van der Waals surface area contributed by atoms with Crippen LogP contribution in [0.1, 0.15) is 20.8 Å². The molecule has 1 amide bonds. The van der Waals surface area contributed by atoms with Gasteiger partial charge in [-0.25, -0.2) is 4.79 Å². The van der Waals surface area contributed by atoms with Crippen molar-refractivity contribution < 1.29 is 9.53 Å². The third kappa shape index (κ3) is 4.26. The molecule has 15 heavy (non-hydrogen) atoms. The molecule has 1 aromatic rings. The molecule has 1 rings (SSSR count). The molecule has 0 aliphatic heterocycles. The number of ether oxygens (including phenoxy) is 1. The molecule has 0 bridgehead atoms. The molecule has 1 aromatic heterocycles. The Labute approximate surface area is 87.8 Å². The van der Waals surface area contributed by atoms with Crippen molar-refractivity contribution in [3.63, 3.8) is 0 Å². The number of aromatic nitrogens is 2. The number of carbonyl (C=O) groups is 1. The number of nitrogens with two attached hydrogens (primary N) is 1. The number of amides is 1. The zero-order valence-corrected chi connectivity index (χ0v) is 8.94. The van der Waals surface area contributed by atoms with Crippen LogP contribution in [0, 0.1) is 0 Å². The zero-order chi connectivity index (χ0) is 11.5. The van der Waals surface area contributed by atoms with Gasteiger partial charge in [-0.3, -0.25) is 5.32 Å². The van der Waals surface area contributed by atoms with Crippen molar-refractivity contribution in [2.24, 2.45) is 0 Å². The Kier molecular flexibility index (Phi) is 3.08. The van der Waals surface area contributed by atoms with Gasteiger partial charge in [-0.15, -0.1) is 5.10 Å². The first-order chi connectivity index (χ1) is 6.87. The van der Waals surface area contributed by atoms with Crippen molar-refractivity contribution in [3.8, 4) is 0 Å². The summed E-state index contributed by atoms with van der Waals surface area (Å²) < 4.78 is 5.02. The van der Waals surface area contributed by atoms with Crippen LogP contribution in [0.4, 0.5) is 16.3 Å². The smallest absolute Gasteiger partial charge is 0.413 e. The number of nitrogen functional groups attached to an aromatic ring is 1. The highest BCUT2D eigenvalue weighted by Crippen LogP contribution is 2.10. The van der Waals surface area contributed by atoms with Crippen LogP contribution in [0.2, 0.25) is 0 Å². The standard InChI is InChI=1S/C9H14N4O2/c1-9(2,3)15-8(14)12-7-4-6(10)5-11-13-7/h4-5H,1-3H3,(H3,10,12,13,14). The molecule has 0 aliphatic rings. The number of rotatable bonds is 1. The lowest BCUT2D eigenvalue weighted by Gasteiger charge is -2.19. The number of carbonyl (C=O) groups excluding carboxylic acids is 1. The van der Waals surface area contributed by atoms with Gasteiger partial charge in [0.1, 0.15) is 5.60 Å². The number of nitrogens with zero attached hydrogens (tertiary/aromatic N) is 2. The lowest BCUT2D eigenvalue weighted by atomic mass is 10.2. The zero-order valence-electron chi connectivity index (χ0n) is 8.94. The molecule has 0 aliphatic carbocycles. The molecule has 0 saturated heterocycles. The monoisotopic (exact) mass is 210 g/mol. The minimum absolute atomic E-state index is 0.268. The van der Waals surface area contributed by atoms with E-state index in [0.717, 1.165) is 0 Å². The second-order valence-electron chi connectivity index (χ2n) is 4.00. The van der Waals surface area contributed by atoms with E-state index in [1.165, 1.54) is 12.3 Å². The normalized spacial score (nSPS) is 10.9. The van der Waals surface area contributed by atoms with Crippen molar-refractivity contribution in [3.05, 3.63) is 12.3 Å². The van der Waals surface area contributed by atoms with Gasteiger partial charge >= 0.3 is 6.09 Å². The van der Waals surface area contributed by atoms with Crippen LogP contribution in [0.25, 0.3) is 0 Å². The Morgan fingerprint density at radius 3 is 2.73 bits per heavy atom. The summed E-state index contributed by atoms with van der Waals surface area (Å²) in [4.78, 5) is 11.3. The minimum atomic E-state index is -0.581. The molecule has 0 radical (unpaired) electrons. The predicted octanol–water partition coefficient (Wildman–Crippen LogP) is 1.41. The maximum atomic E-state index is 11.3. The highest BCUT2D eigenvalue weighted by atomic mass is 16.6. The summed E-state index contributed by atoms with van der Waals surface area (Å²) in [6.45, 7) is 5.33. The molecule has 6 heteroatoms. The average molecular weight is 210 g/mol. The Bertz CT molecular complexity index is 359. The van der Waals surface area contributed by atoms with E-state index >= 15 is 0 Å². The van der Waals surface area contributed by atoms with Gasteiger partial charge in [0.25, 0.3) is 0 Å². The molecule has 0 saturated carbocycles. The Hall–Kier alpha value is -1.85. The van der Waals surface area contributed by atoms with Crippen molar-refractivity contribution in [1.29, 1.82) is 0 Å². The Morgan fingerprint density at radius 1 is 1.53 bits per heavy atom. The second kappa shape index (κ2) is 4.12. The van der Waals surface area contributed by atoms with E-state index < -0.39 is 11.7 Å². The first kappa shape index (κ1) is 11.2. The van der Waals surface area contributed by atoms with Crippen LogP contribution >= 0.6 is 0 Å². The fourth-order valence-corrected chi connectivity index (χ4v) is 0.851. The van der Waals surface area contributed by atoms with Crippen LogP contribution in [0.3, 0.4) is 0 Å². The lowest BCUT2D eigenvalue weighted by molar-refractivity contribution is 0.0635. The first-order valence-electron chi connectivity index (χ1n) is 4.45. The average Bonchev–Trinajstić information content (AvgIpc) is 1.99. The van der Waals surface area contributed by atoms with Gasteiger partial charge in [-0.1, -0.05) is 0 Å². The maximum absolute atomic E-state index is 11.3. The third-order valence-electron chi connectivity index (χ3n) is 1.30. The summed E-state index contributed by atoms with van der Waals surface area (Å²) >= 11 is 0. The first-order valence-corrected chi connectivity index (χ1v) is 4.45. The molecule has 0 spiro atoms. The fourth-order valence-electron chi connectivity index (χ4n) is 0.851. The molecule has 0 unspecified atom stereocenters. The van der Waals surface area contributed by atoms with E-state index in [-0.39, 0.29) is 5.82 Å². The maximum Gasteiger partial charge on any atom is 0.413 e. The van der Waals surface area contributed by atoms with Crippen LogP contribution in [0.5, 0.6) is 0 Å². The SMILES string of the molecule is CC(C)(C)OC(=O)Nc1cc(N)cnn1. The van der Waals surface area contributed by atoms with Crippen LogP contribution in [-0.4, -0.2) is 21.9 Å². The highest BCUT2D eigenvalue weighted by Gasteiger charge is 2.16. The topological polar surface area (TPSA) is 90.1 Å². The van der Waals surface area contributed by atoms with E-state index in [0.29, 0.717) is 5.69 Å². The quantitative estimate of drug-likeness (QED) is 0.731. The summed E-state index contributed by atoms with van der Waals surface area (Å²) in [5, 5.41) is 9.68. The molecule has 6 nitrogen and oxygen atoms in total. The van der Waals surface area contributed by atoms with E-state index in [1.54, 1.807) is 20.8 Å². The van der Waals surface area contributed by atoms with E-state index in [1.807, 2.05) is 0 Å². The van der Waals surface area contributed by atoms with Gasteiger partial charge < -0.3 is 10.5 Å². The highest BCUT2D eigenvalue weighted by molar-refractivity contribution is 5.83. The van der Waals surface area contributed by atoms with Gasteiger partial charge in [0.05, 0.1) is 11.9 Å². The molecule has 3 N–H and O–H groups in total. The molecule has 82 valence electrons. The molecule has 0 atom stereocenters. The van der Waals surface area contributed by atoms with E-state index in [9.17, 15) is 4.79 Å². The van der Waals surface area contributed by atoms with Crippen LogP contribution < -0.4 is 11.1 Å². The van der Waals surface area contributed by atoms with Gasteiger partial charge in [-0.2, -0.15) is 5.10 Å². The molecule has 0 fully saturated rings. The molecule has 1 heterocycles. The predicted molar refractivity (Wildman–Crippen MR) is 56.3 cm³/mol. The second-order valence-corrected chi connectivity index (χ2v) is 4.00. The largest absolute Gasteiger partial charge is 0.444 e. The summed E-state index contributed by atoms with van der Waals surface area (Å²) in [6, 6.07) is 1.50. The van der Waals surface area contributed by atoms with Crippen molar-refractivity contribution in [2.75, 3.05) is 11.1 Å². The van der Waals surface area contributed by atoms with Gasteiger partial charge in [0.15, 0.2) is 5.82 Å². The lowest BCUT2D eigenvalue weighted by Crippen LogP contribution is -2.27. The number of hydrogen-bond acceptors (Lipinski definition) is 5. The summed E-state index contributed by atoms with van der Waals surface area (Å²) in [5.74, 6) is 0.268. The van der Waals surface area contributed by atoms with Crippen LogP contribution in [-0.2, 0) is 4.74 Å². The Balaban J connectivity index is 2.59. The third-order valence-corrected chi connectivity index (χ3v) is 1.30. The van der Waals surface area contributed by atoms with E-state index in [2.05, 4.69) is 15.5 Å². The molecular weight excluding hydrogens is 196 g/mol. The molecule has 0 aromatic carbocycles.